The summed E-state index contributed by atoms with van der Waals surface area (Å²) in [7, 11) is 2.04. The van der Waals surface area contributed by atoms with E-state index in [0.29, 0.717) is 12.2 Å². The highest BCUT2D eigenvalue weighted by Crippen LogP contribution is 2.40. The van der Waals surface area contributed by atoms with Crippen molar-refractivity contribution < 1.29 is 4.74 Å². The first-order valence-corrected chi connectivity index (χ1v) is 4.80. The smallest absolute Gasteiger partial charge is 0.0902 e. The van der Waals surface area contributed by atoms with Gasteiger partial charge in [-0.25, -0.2) is 0 Å². The summed E-state index contributed by atoms with van der Waals surface area (Å²) in [6.45, 7) is 2.24. The molecule has 0 radical (unpaired) electrons. The Morgan fingerprint density at radius 2 is 2.30 bits per heavy atom. The fourth-order valence-corrected chi connectivity index (χ4v) is 2.41. The summed E-state index contributed by atoms with van der Waals surface area (Å²) >= 11 is 0. The molecule has 0 bridgehead atoms. The summed E-state index contributed by atoms with van der Waals surface area (Å²) in [5.74, 6) is 0.803. The maximum Gasteiger partial charge on any atom is 0.0902 e. The van der Waals surface area contributed by atoms with Crippen LogP contribution in [0.3, 0.4) is 0 Å². The van der Waals surface area contributed by atoms with Crippen LogP contribution in [0.5, 0.6) is 0 Å². The molecule has 2 heteroatoms. The quantitative estimate of drug-likeness (QED) is 0.393. The number of hydrogen-bond donors (Lipinski definition) is 0. The van der Waals surface area contributed by atoms with Gasteiger partial charge < -0.3 is 4.74 Å². The van der Waals surface area contributed by atoms with Gasteiger partial charge in [0.15, 0.2) is 0 Å². The molecular formula is C8H14OSi. The molecule has 2 rings (SSSR count). The zero-order chi connectivity index (χ0) is 7.14. The number of epoxide rings is 1. The SMILES string of the molecule is CC(=[SiH2])C1CCCC2OC21. The van der Waals surface area contributed by atoms with Crippen LogP contribution in [-0.4, -0.2) is 27.2 Å². The monoisotopic (exact) mass is 154 g/mol. The van der Waals surface area contributed by atoms with E-state index in [0.717, 1.165) is 5.92 Å². The van der Waals surface area contributed by atoms with E-state index in [1.54, 1.807) is 5.17 Å². The molecular weight excluding hydrogens is 140 g/mol. The zero-order valence-corrected chi connectivity index (χ0v) is 7.88. The third kappa shape index (κ3) is 0.994. The third-order valence-corrected chi connectivity index (χ3v) is 3.18. The summed E-state index contributed by atoms with van der Waals surface area (Å²) in [4.78, 5) is 0. The Morgan fingerprint density at radius 3 is 2.90 bits per heavy atom. The maximum atomic E-state index is 5.54. The summed E-state index contributed by atoms with van der Waals surface area (Å²) in [6, 6.07) is 0. The van der Waals surface area contributed by atoms with Crippen LogP contribution < -0.4 is 0 Å². The fourth-order valence-electron chi connectivity index (χ4n) is 1.97. The first-order chi connectivity index (χ1) is 4.79. The van der Waals surface area contributed by atoms with Crippen molar-refractivity contribution in [2.24, 2.45) is 5.92 Å². The van der Waals surface area contributed by atoms with Crippen molar-refractivity contribution in [3.05, 3.63) is 0 Å². The van der Waals surface area contributed by atoms with Gasteiger partial charge in [0.1, 0.15) is 0 Å². The minimum Gasteiger partial charge on any atom is -0.369 e. The van der Waals surface area contributed by atoms with Gasteiger partial charge in [-0.2, -0.15) is 0 Å². The lowest BCUT2D eigenvalue weighted by Gasteiger charge is -2.17. The molecule has 0 amide bonds. The molecule has 1 saturated heterocycles. The van der Waals surface area contributed by atoms with Gasteiger partial charge in [0.2, 0.25) is 0 Å². The molecule has 1 aliphatic carbocycles. The predicted octanol–water partition coefficient (Wildman–Crippen LogP) is 0.379. The lowest BCUT2D eigenvalue weighted by atomic mass is 9.87. The van der Waals surface area contributed by atoms with Crippen molar-refractivity contribution in [1.29, 1.82) is 0 Å². The largest absolute Gasteiger partial charge is 0.369 e. The summed E-state index contributed by atoms with van der Waals surface area (Å²) in [6.07, 6.45) is 5.35. The molecule has 0 N–H and O–H groups in total. The van der Waals surface area contributed by atoms with Crippen LogP contribution in [0.2, 0.25) is 0 Å². The molecule has 3 atom stereocenters. The van der Waals surface area contributed by atoms with E-state index in [1.165, 1.54) is 19.3 Å². The Labute approximate surface area is 64.8 Å². The maximum absolute atomic E-state index is 5.54. The average Bonchev–Trinajstić information content (AvgIpc) is 2.63. The first kappa shape index (κ1) is 6.74. The molecule has 56 valence electrons. The highest BCUT2D eigenvalue weighted by Gasteiger charge is 2.46. The second-order valence-corrected chi connectivity index (χ2v) is 4.64. The summed E-state index contributed by atoms with van der Waals surface area (Å²) < 4.78 is 5.54. The van der Waals surface area contributed by atoms with Gasteiger partial charge in [0.25, 0.3) is 0 Å². The van der Waals surface area contributed by atoms with Gasteiger partial charge in [-0.1, -0.05) is 11.6 Å². The van der Waals surface area contributed by atoms with E-state index in [-0.39, 0.29) is 0 Å². The van der Waals surface area contributed by atoms with Gasteiger partial charge >= 0.3 is 0 Å². The van der Waals surface area contributed by atoms with Crippen molar-refractivity contribution in [3.63, 3.8) is 0 Å². The zero-order valence-electron chi connectivity index (χ0n) is 6.47. The lowest BCUT2D eigenvalue weighted by Crippen LogP contribution is -2.23. The van der Waals surface area contributed by atoms with Crippen LogP contribution >= 0.6 is 0 Å². The number of hydrogen-bond acceptors (Lipinski definition) is 1. The van der Waals surface area contributed by atoms with Crippen molar-refractivity contribution in [2.45, 2.75) is 38.4 Å². The molecule has 0 aromatic heterocycles. The Morgan fingerprint density at radius 1 is 1.50 bits per heavy atom. The van der Waals surface area contributed by atoms with E-state index < -0.39 is 0 Å². The average molecular weight is 154 g/mol. The van der Waals surface area contributed by atoms with Gasteiger partial charge in [-0.3, -0.25) is 0 Å². The summed E-state index contributed by atoms with van der Waals surface area (Å²) in [5, 5.41) is 1.59. The molecule has 3 unspecified atom stereocenters. The van der Waals surface area contributed by atoms with Crippen LogP contribution in [0.1, 0.15) is 26.2 Å². The Kier molecular flexibility index (Phi) is 1.53. The molecule has 1 aliphatic heterocycles. The van der Waals surface area contributed by atoms with E-state index >= 15 is 0 Å². The predicted molar refractivity (Wildman–Crippen MR) is 45.2 cm³/mol. The Hall–Kier alpha value is 0.0469. The van der Waals surface area contributed by atoms with Crippen molar-refractivity contribution in [3.8, 4) is 0 Å². The van der Waals surface area contributed by atoms with Gasteiger partial charge in [0, 0.05) is 5.92 Å². The highest BCUT2D eigenvalue weighted by molar-refractivity contribution is 6.37. The number of ether oxygens (including phenoxy) is 1. The molecule has 10 heavy (non-hydrogen) atoms. The second kappa shape index (κ2) is 2.27. The van der Waals surface area contributed by atoms with Crippen LogP contribution in [0.4, 0.5) is 0 Å². The van der Waals surface area contributed by atoms with Crippen molar-refractivity contribution in [1.82, 2.24) is 0 Å². The Balaban J connectivity index is 2.02. The molecule has 1 nitrogen and oxygen atoms in total. The van der Waals surface area contributed by atoms with Gasteiger partial charge in [-0.05, 0) is 29.6 Å². The molecule has 0 aromatic carbocycles. The summed E-state index contributed by atoms with van der Waals surface area (Å²) in [5.41, 5.74) is 0. The number of rotatable bonds is 1. The molecule has 1 heterocycles. The van der Waals surface area contributed by atoms with E-state index in [9.17, 15) is 0 Å². The molecule has 0 aromatic rings. The topological polar surface area (TPSA) is 12.5 Å². The molecule has 2 fully saturated rings. The van der Waals surface area contributed by atoms with Gasteiger partial charge in [-0.15, -0.1) is 0 Å². The fraction of sp³-hybridized carbons (Fsp3) is 0.875. The van der Waals surface area contributed by atoms with Crippen molar-refractivity contribution in [2.75, 3.05) is 0 Å². The first-order valence-electron chi connectivity index (χ1n) is 4.10. The van der Waals surface area contributed by atoms with Crippen LogP contribution in [0.15, 0.2) is 0 Å². The van der Waals surface area contributed by atoms with Crippen molar-refractivity contribution >= 4 is 15.0 Å². The van der Waals surface area contributed by atoms with E-state index in [4.69, 9.17) is 4.74 Å². The van der Waals surface area contributed by atoms with E-state index in [1.807, 2.05) is 9.85 Å². The lowest BCUT2D eigenvalue weighted by molar-refractivity contribution is 0.358. The standard InChI is InChI=1S/C8H14OSi/c1-5(10)6-3-2-4-7-8(6)9-7/h6-8H,2-4,10H2,1H3. The molecule has 0 spiro atoms. The van der Waals surface area contributed by atoms with Crippen LogP contribution in [0.25, 0.3) is 0 Å². The minimum atomic E-state index is 0.631. The normalized spacial score (nSPS) is 44.3. The van der Waals surface area contributed by atoms with Gasteiger partial charge in [0.05, 0.1) is 12.2 Å². The Bertz CT molecular complexity index is 167. The minimum absolute atomic E-state index is 0.631. The van der Waals surface area contributed by atoms with Crippen LogP contribution in [-0.2, 0) is 4.74 Å². The van der Waals surface area contributed by atoms with Crippen LogP contribution in [0, 0.1) is 5.92 Å². The molecule has 1 saturated carbocycles. The third-order valence-electron chi connectivity index (χ3n) is 2.66. The highest BCUT2D eigenvalue weighted by atomic mass is 28.1. The van der Waals surface area contributed by atoms with E-state index in [2.05, 4.69) is 6.92 Å². The second-order valence-electron chi connectivity index (χ2n) is 3.52. The number of fused-ring (bicyclic) bond motifs is 1. The molecule has 2 aliphatic rings.